The van der Waals surface area contributed by atoms with E-state index in [0.717, 1.165) is 38.5 Å². The molecular formula is C54H58N4. The molecule has 6 heterocycles. The molecule has 2 saturated carbocycles. The topological polar surface area (TPSA) is 34.6 Å². The molecule has 0 N–H and O–H groups in total. The van der Waals surface area contributed by atoms with Crippen molar-refractivity contribution in [2.75, 3.05) is 0 Å². The fourth-order valence-corrected chi connectivity index (χ4v) is 14.8. The second kappa shape index (κ2) is 11.6. The largest absolute Gasteiger partial charge is 0.306 e. The highest BCUT2D eigenvalue weighted by Gasteiger charge is 2.40. The number of benzene rings is 3. The monoisotopic (exact) mass is 762 g/mol. The van der Waals surface area contributed by atoms with E-state index in [4.69, 9.17) is 9.97 Å². The highest BCUT2D eigenvalue weighted by Crippen LogP contribution is 2.56. The van der Waals surface area contributed by atoms with Gasteiger partial charge in [0.1, 0.15) is 0 Å². The molecule has 0 aliphatic heterocycles. The SMILES string of the molecule is CCC(CC)(CC)c1cc2c3cc4c(cc3n3c5cnc6c(c5c(c1)c23)C1CCC6CC1)c1cc(C(CC)(CC)CC)cc2c3c5c(ncc3n4c12)C1CCC5CC1. The van der Waals surface area contributed by atoms with Crippen LogP contribution >= 0.6 is 0 Å². The first-order chi connectivity index (χ1) is 28.4. The van der Waals surface area contributed by atoms with Crippen LogP contribution in [-0.4, -0.2) is 18.8 Å². The summed E-state index contributed by atoms with van der Waals surface area (Å²) in [5.74, 6) is 2.52. The van der Waals surface area contributed by atoms with Crippen molar-refractivity contribution in [3.63, 3.8) is 0 Å². The van der Waals surface area contributed by atoms with Crippen LogP contribution in [0.3, 0.4) is 0 Å². The van der Waals surface area contributed by atoms with Crippen molar-refractivity contribution in [3.05, 3.63) is 82.4 Å². The van der Waals surface area contributed by atoms with Gasteiger partial charge in [-0.2, -0.15) is 0 Å². The minimum Gasteiger partial charge on any atom is -0.306 e. The molecule has 294 valence electrons. The Balaban J connectivity index is 1.22. The van der Waals surface area contributed by atoms with Crippen LogP contribution in [0.15, 0.2) is 48.8 Å². The van der Waals surface area contributed by atoms with E-state index in [1.165, 1.54) is 150 Å². The third kappa shape index (κ3) is 3.91. The van der Waals surface area contributed by atoms with Crippen LogP contribution in [0, 0.1) is 0 Å². The lowest BCUT2D eigenvalue weighted by atomic mass is 9.68. The number of aromatic nitrogens is 4. The molecule has 4 nitrogen and oxygen atoms in total. The molecule has 0 radical (unpaired) electrons. The molecule has 58 heavy (non-hydrogen) atoms. The Morgan fingerprint density at radius 1 is 0.431 bits per heavy atom. The van der Waals surface area contributed by atoms with Gasteiger partial charge in [-0.1, -0.05) is 41.5 Å². The van der Waals surface area contributed by atoms with E-state index in [9.17, 15) is 0 Å². The maximum Gasteiger partial charge on any atom is 0.0728 e. The van der Waals surface area contributed by atoms with Gasteiger partial charge in [0.2, 0.25) is 0 Å². The van der Waals surface area contributed by atoms with Crippen LogP contribution in [0.2, 0.25) is 0 Å². The average molecular weight is 763 g/mol. The molecule has 0 spiro atoms. The fraction of sp³-hybridized carbons (Fsp3) is 0.481. The van der Waals surface area contributed by atoms with Crippen molar-refractivity contribution in [1.82, 2.24) is 18.8 Å². The summed E-state index contributed by atoms with van der Waals surface area (Å²) >= 11 is 0. The van der Waals surface area contributed by atoms with Gasteiger partial charge < -0.3 is 8.80 Å². The van der Waals surface area contributed by atoms with Crippen molar-refractivity contribution in [2.24, 2.45) is 0 Å². The summed E-state index contributed by atoms with van der Waals surface area (Å²) in [5.41, 5.74) is 17.6. The molecule has 9 aromatic rings. The van der Waals surface area contributed by atoms with Crippen LogP contribution < -0.4 is 0 Å². The number of fused-ring (bicyclic) bond motifs is 16. The van der Waals surface area contributed by atoms with Crippen LogP contribution in [-0.2, 0) is 10.8 Å². The normalized spacial score (nSPS) is 22.2. The molecule has 4 heteroatoms. The summed E-state index contributed by atoms with van der Waals surface area (Å²) in [7, 11) is 0. The third-order valence-corrected chi connectivity index (χ3v) is 18.4. The zero-order valence-corrected chi connectivity index (χ0v) is 35.6. The Bertz CT molecular complexity index is 2940. The molecule has 6 aliphatic rings. The Labute approximate surface area is 342 Å². The molecule has 0 unspecified atom stereocenters. The quantitative estimate of drug-likeness (QED) is 0.154. The lowest BCUT2D eigenvalue weighted by Crippen LogP contribution is -2.23. The first-order valence-electron chi connectivity index (χ1n) is 23.6. The predicted molar refractivity (Wildman–Crippen MR) is 244 cm³/mol. The van der Waals surface area contributed by atoms with Gasteiger partial charge in [-0.3, -0.25) is 9.97 Å². The van der Waals surface area contributed by atoms with Gasteiger partial charge in [0.25, 0.3) is 0 Å². The summed E-state index contributed by atoms with van der Waals surface area (Å²) in [6, 6.07) is 15.8. The second-order valence-electron chi connectivity index (χ2n) is 19.8. The van der Waals surface area contributed by atoms with Crippen molar-refractivity contribution in [3.8, 4) is 0 Å². The molecular weight excluding hydrogens is 705 g/mol. The van der Waals surface area contributed by atoms with E-state index in [-0.39, 0.29) is 10.8 Å². The van der Waals surface area contributed by atoms with Crippen LogP contribution in [0.1, 0.15) is 189 Å². The number of rotatable bonds is 8. The van der Waals surface area contributed by atoms with Crippen LogP contribution in [0.5, 0.6) is 0 Å². The molecule has 0 saturated heterocycles. The Morgan fingerprint density at radius 3 is 1.14 bits per heavy atom. The Morgan fingerprint density at radius 2 is 0.776 bits per heavy atom. The first-order valence-corrected chi connectivity index (χ1v) is 23.6. The van der Waals surface area contributed by atoms with E-state index in [1.807, 2.05) is 0 Å². The van der Waals surface area contributed by atoms with E-state index in [2.05, 4.69) is 99.1 Å². The van der Waals surface area contributed by atoms with Crippen molar-refractivity contribution in [1.29, 1.82) is 0 Å². The zero-order valence-electron chi connectivity index (χ0n) is 35.6. The Kier molecular flexibility index (Phi) is 6.91. The lowest BCUT2D eigenvalue weighted by molar-refractivity contribution is 0.353. The van der Waals surface area contributed by atoms with E-state index in [0.29, 0.717) is 23.7 Å². The smallest absolute Gasteiger partial charge is 0.0728 e. The third-order valence-electron chi connectivity index (χ3n) is 18.4. The number of nitrogens with zero attached hydrogens (tertiary/aromatic N) is 4. The zero-order chi connectivity index (χ0) is 39.0. The van der Waals surface area contributed by atoms with Gasteiger partial charge in [-0.15, -0.1) is 0 Å². The first kappa shape index (κ1) is 34.4. The van der Waals surface area contributed by atoms with Crippen LogP contribution in [0.25, 0.3) is 76.2 Å². The molecule has 15 rings (SSSR count). The molecule has 3 aromatic carbocycles. The van der Waals surface area contributed by atoms with Crippen molar-refractivity contribution in [2.45, 2.75) is 166 Å². The maximum atomic E-state index is 5.40. The highest BCUT2D eigenvalue weighted by molar-refractivity contribution is 6.29. The van der Waals surface area contributed by atoms with Crippen molar-refractivity contribution >= 4 is 76.2 Å². The molecule has 2 fully saturated rings. The van der Waals surface area contributed by atoms with E-state index < -0.39 is 0 Å². The minimum atomic E-state index is 0.161. The van der Waals surface area contributed by atoms with Gasteiger partial charge in [0.15, 0.2) is 0 Å². The molecule has 0 atom stereocenters. The summed E-state index contributed by atoms with van der Waals surface area (Å²) in [4.78, 5) is 10.8. The van der Waals surface area contributed by atoms with Crippen LogP contribution in [0.4, 0.5) is 0 Å². The minimum absolute atomic E-state index is 0.161. The standard InChI is InChI=1S/C54H58N4/c1-7-53(8-2,9-3)33-21-37-35-25-42-36(26-41(35)57-43-27-55-49-31-17-13-29(14-18-31)45(49)47(43)39(23-33)51(37)57)38-22-34(54(10-4,11-5)12-6)24-40-48-44(58(42)52(38)40)28-56-50-32-19-15-30(16-20-32)46(48)50/h21-32H,7-20H2,1-6H3. The summed E-state index contributed by atoms with van der Waals surface area (Å²) in [5, 5.41) is 11.6. The molecule has 6 aliphatic carbocycles. The fourth-order valence-electron chi connectivity index (χ4n) is 14.8. The lowest BCUT2D eigenvalue weighted by Gasteiger charge is -2.37. The van der Waals surface area contributed by atoms with Gasteiger partial charge in [0.05, 0.1) is 45.5 Å². The van der Waals surface area contributed by atoms with Gasteiger partial charge >= 0.3 is 0 Å². The number of hydrogen-bond donors (Lipinski definition) is 0. The van der Waals surface area contributed by atoms with Gasteiger partial charge in [0, 0.05) is 66.3 Å². The average Bonchev–Trinajstić information content (AvgIpc) is 4.01. The van der Waals surface area contributed by atoms with Crippen molar-refractivity contribution < 1.29 is 0 Å². The van der Waals surface area contributed by atoms with E-state index in [1.54, 1.807) is 11.1 Å². The maximum absolute atomic E-state index is 5.40. The summed E-state index contributed by atoms with van der Waals surface area (Å²) in [6.45, 7) is 14.5. The van der Waals surface area contributed by atoms with Gasteiger partial charge in [-0.05, 0) is 171 Å². The highest BCUT2D eigenvalue weighted by atomic mass is 15.0. The van der Waals surface area contributed by atoms with E-state index >= 15 is 0 Å². The second-order valence-corrected chi connectivity index (χ2v) is 19.8. The molecule has 0 amide bonds. The molecule has 6 aromatic heterocycles. The predicted octanol–water partition coefficient (Wildman–Crippen LogP) is 15.2. The summed E-state index contributed by atoms with van der Waals surface area (Å²) < 4.78 is 5.33. The molecule has 4 bridgehead atoms. The number of pyridine rings is 2. The summed E-state index contributed by atoms with van der Waals surface area (Å²) in [6.07, 6.45) is 22.0. The van der Waals surface area contributed by atoms with Gasteiger partial charge in [-0.25, -0.2) is 0 Å². The number of hydrogen-bond acceptors (Lipinski definition) is 2. The Hall–Kier alpha value is -4.44.